The Morgan fingerprint density at radius 1 is 1.00 bits per heavy atom. The molecule has 0 saturated carbocycles. The van der Waals surface area contributed by atoms with Crippen LogP contribution >= 0.6 is 11.6 Å². The molecule has 0 bridgehead atoms. The Morgan fingerprint density at radius 2 is 1.65 bits per heavy atom. The van der Waals surface area contributed by atoms with Crippen molar-refractivity contribution in [1.29, 1.82) is 0 Å². The predicted octanol–water partition coefficient (Wildman–Crippen LogP) is 4.45. The molecule has 1 N–H and O–H groups in total. The number of hydrogen-bond donors (Lipinski definition) is 1. The van der Waals surface area contributed by atoms with Crippen molar-refractivity contribution < 1.29 is 9.59 Å². The first kappa shape index (κ1) is 18.5. The Morgan fingerprint density at radius 3 is 2.27 bits per heavy atom. The number of aryl methyl sites for hydroxylation is 2. The fourth-order valence-electron chi connectivity index (χ4n) is 3.28. The maximum absolute atomic E-state index is 12.6. The highest BCUT2D eigenvalue weighted by molar-refractivity contribution is 6.31. The molecule has 2 aromatic rings. The topological polar surface area (TPSA) is 49.4 Å². The number of hydrogen-bond acceptors (Lipinski definition) is 2. The van der Waals surface area contributed by atoms with Gasteiger partial charge in [0.05, 0.1) is 0 Å². The summed E-state index contributed by atoms with van der Waals surface area (Å²) in [4.78, 5) is 26.9. The molecule has 3 rings (SSSR count). The highest BCUT2D eigenvalue weighted by Crippen LogP contribution is 2.23. The first-order valence-electron chi connectivity index (χ1n) is 8.86. The highest BCUT2D eigenvalue weighted by atomic mass is 35.5. The van der Waals surface area contributed by atoms with Crippen LogP contribution in [0.15, 0.2) is 42.5 Å². The lowest BCUT2D eigenvalue weighted by Gasteiger charge is -2.31. The van der Waals surface area contributed by atoms with Crippen LogP contribution in [-0.2, 0) is 4.79 Å². The number of halogens is 1. The molecule has 1 aliphatic rings. The number of amides is 2. The molecule has 0 aliphatic carbocycles. The molecule has 0 unspecified atom stereocenters. The number of rotatable bonds is 3. The van der Waals surface area contributed by atoms with Gasteiger partial charge in [-0.3, -0.25) is 9.59 Å². The van der Waals surface area contributed by atoms with Gasteiger partial charge in [0, 0.05) is 35.3 Å². The molecule has 0 aromatic heterocycles. The third kappa shape index (κ3) is 4.44. The summed E-state index contributed by atoms with van der Waals surface area (Å²) in [7, 11) is 0. The van der Waals surface area contributed by atoms with Crippen LogP contribution in [0.2, 0.25) is 5.02 Å². The molecule has 2 amide bonds. The van der Waals surface area contributed by atoms with E-state index in [4.69, 9.17) is 11.6 Å². The lowest BCUT2D eigenvalue weighted by molar-refractivity contribution is -0.121. The van der Waals surface area contributed by atoms with E-state index in [2.05, 4.69) is 5.32 Å². The maximum atomic E-state index is 12.6. The summed E-state index contributed by atoms with van der Waals surface area (Å²) in [6, 6.07) is 13.1. The molecule has 1 heterocycles. The molecular formula is C21H23ClN2O2. The van der Waals surface area contributed by atoms with Gasteiger partial charge in [0.2, 0.25) is 5.91 Å². The lowest BCUT2D eigenvalue weighted by Crippen LogP contribution is -2.41. The van der Waals surface area contributed by atoms with Gasteiger partial charge in [0.1, 0.15) is 0 Å². The van der Waals surface area contributed by atoms with Crippen molar-refractivity contribution in [3.05, 3.63) is 64.2 Å². The minimum absolute atomic E-state index is 0.00546. The van der Waals surface area contributed by atoms with Crippen molar-refractivity contribution in [1.82, 2.24) is 4.90 Å². The Bertz CT molecular complexity index is 789. The van der Waals surface area contributed by atoms with Crippen LogP contribution in [-0.4, -0.2) is 29.8 Å². The molecule has 136 valence electrons. The van der Waals surface area contributed by atoms with Crippen LogP contribution in [0.4, 0.5) is 5.69 Å². The van der Waals surface area contributed by atoms with E-state index in [1.54, 1.807) is 6.07 Å². The zero-order valence-electron chi connectivity index (χ0n) is 15.1. The maximum Gasteiger partial charge on any atom is 0.253 e. The molecule has 5 heteroatoms. The normalized spacial score (nSPS) is 15.0. The number of anilines is 1. The van der Waals surface area contributed by atoms with Crippen molar-refractivity contribution in [2.75, 3.05) is 18.4 Å². The molecular weight excluding hydrogens is 348 g/mol. The monoisotopic (exact) mass is 370 g/mol. The van der Waals surface area contributed by atoms with E-state index < -0.39 is 0 Å². The molecule has 0 spiro atoms. The third-order valence-corrected chi connectivity index (χ3v) is 4.98. The number of nitrogens with one attached hydrogen (secondary N) is 1. The minimum Gasteiger partial charge on any atom is -0.339 e. The molecule has 4 nitrogen and oxygen atoms in total. The molecule has 0 radical (unpaired) electrons. The van der Waals surface area contributed by atoms with E-state index in [-0.39, 0.29) is 17.7 Å². The van der Waals surface area contributed by atoms with Gasteiger partial charge in [0.25, 0.3) is 5.91 Å². The van der Waals surface area contributed by atoms with Crippen LogP contribution in [0.1, 0.15) is 34.3 Å². The van der Waals surface area contributed by atoms with E-state index in [1.165, 1.54) is 0 Å². The summed E-state index contributed by atoms with van der Waals surface area (Å²) in [5, 5.41) is 3.56. The number of carbonyl (C=O) groups is 2. The molecule has 1 aliphatic heterocycles. The summed E-state index contributed by atoms with van der Waals surface area (Å²) in [5.74, 6) is -0.0558. The Hall–Kier alpha value is -2.33. The molecule has 1 fully saturated rings. The second kappa shape index (κ2) is 7.92. The van der Waals surface area contributed by atoms with Gasteiger partial charge in [-0.2, -0.15) is 0 Å². The summed E-state index contributed by atoms with van der Waals surface area (Å²) < 4.78 is 0. The van der Waals surface area contributed by atoms with E-state index in [0.717, 1.165) is 16.8 Å². The summed E-state index contributed by atoms with van der Waals surface area (Å²) in [6.45, 7) is 5.13. The van der Waals surface area contributed by atoms with Gasteiger partial charge in [-0.25, -0.2) is 0 Å². The minimum atomic E-state index is -0.0867. The van der Waals surface area contributed by atoms with Crippen molar-refractivity contribution >= 4 is 29.1 Å². The third-order valence-electron chi connectivity index (χ3n) is 4.76. The highest BCUT2D eigenvalue weighted by Gasteiger charge is 2.27. The number of piperidine rings is 1. The van der Waals surface area contributed by atoms with Crippen LogP contribution in [0.5, 0.6) is 0 Å². The van der Waals surface area contributed by atoms with Crippen LogP contribution in [0.25, 0.3) is 0 Å². The Labute approximate surface area is 159 Å². The number of nitrogens with zero attached hydrogens (tertiary/aromatic N) is 1. The number of likely N-dealkylation sites (tertiary alicyclic amines) is 1. The fraction of sp³-hybridized carbons (Fsp3) is 0.333. The van der Waals surface area contributed by atoms with E-state index in [9.17, 15) is 9.59 Å². The average Bonchev–Trinajstić information content (AvgIpc) is 2.61. The van der Waals surface area contributed by atoms with Crippen molar-refractivity contribution in [3.8, 4) is 0 Å². The van der Waals surface area contributed by atoms with Crippen LogP contribution < -0.4 is 5.32 Å². The summed E-state index contributed by atoms with van der Waals surface area (Å²) in [5.41, 5.74) is 3.56. The zero-order valence-corrected chi connectivity index (χ0v) is 15.8. The number of carbonyl (C=O) groups excluding carboxylic acids is 2. The van der Waals surface area contributed by atoms with Gasteiger partial charge in [0.15, 0.2) is 0 Å². The van der Waals surface area contributed by atoms with E-state index >= 15 is 0 Å². The fourth-order valence-corrected chi connectivity index (χ4v) is 3.57. The van der Waals surface area contributed by atoms with Crippen molar-refractivity contribution in [3.63, 3.8) is 0 Å². The molecule has 26 heavy (non-hydrogen) atoms. The summed E-state index contributed by atoms with van der Waals surface area (Å²) >= 11 is 6.05. The SMILES string of the molecule is Cc1ccc(C(=O)N2CCC(C(=O)Nc3cc(C)cc(Cl)c3)CC2)cc1. The van der Waals surface area contributed by atoms with E-state index in [0.29, 0.717) is 36.5 Å². The van der Waals surface area contributed by atoms with Crippen LogP contribution in [0.3, 0.4) is 0 Å². The average molecular weight is 371 g/mol. The Balaban J connectivity index is 1.56. The smallest absolute Gasteiger partial charge is 0.253 e. The standard InChI is InChI=1S/C21H23ClN2O2/c1-14-3-5-17(6-4-14)21(26)24-9-7-16(8-10-24)20(25)23-19-12-15(2)11-18(22)13-19/h3-6,11-13,16H,7-10H2,1-2H3,(H,23,25). The van der Waals surface area contributed by atoms with Gasteiger partial charge in [-0.1, -0.05) is 29.3 Å². The first-order chi connectivity index (χ1) is 12.4. The predicted molar refractivity (Wildman–Crippen MR) is 105 cm³/mol. The molecule has 1 saturated heterocycles. The van der Waals surface area contributed by atoms with Gasteiger partial charge < -0.3 is 10.2 Å². The second-order valence-corrected chi connectivity index (χ2v) is 7.38. The summed E-state index contributed by atoms with van der Waals surface area (Å²) in [6.07, 6.45) is 1.34. The van der Waals surface area contributed by atoms with Crippen LogP contribution in [0, 0.1) is 19.8 Å². The lowest BCUT2D eigenvalue weighted by atomic mass is 9.95. The van der Waals surface area contributed by atoms with Gasteiger partial charge >= 0.3 is 0 Å². The van der Waals surface area contributed by atoms with Crippen molar-refractivity contribution in [2.45, 2.75) is 26.7 Å². The number of benzene rings is 2. The molecule has 2 aromatic carbocycles. The van der Waals surface area contributed by atoms with Gasteiger partial charge in [-0.15, -0.1) is 0 Å². The quantitative estimate of drug-likeness (QED) is 0.867. The Kier molecular flexibility index (Phi) is 5.62. The first-order valence-corrected chi connectivity index (χ1v) is 9.24. The van der Waals surface area contributed by atoms with Gasteiger partial charge in [-0.05, 0) is 62.6 Å². The largest absolute Gasteiger partial charge is 0.339 e. The second-order valence-electron chi connectivity index (χ2n) is 6.94. The van der Waals surface area contributed by atoms with E-state index in [1.807, 2.05) is 55.1 Å². The zero-order chi connectivity index (χ0) is 18.7. The molecule has 0 atom stereocenters. The van der Waals surface area contributed by atoms with Crippen molar-refractivity contribution in [2.24, 2.45) is 5.92 Å².